The van der Waals surface area contributed by atoms with Crippen LogP contribution in [0.25, 0.3) is 0 Å². The third kappa shape index (κ3) is 35.0. The molecule has 0 spiro atoms. The highest BCUT2D eigenvalue weighted by Crippen LogP contribution is 2.30. The Hall–Kier alpha value is -0.890. The molecule has 6 heteroatoms. The van der Waals surface area contributed by atoms with Crippen LogP contribution in [0.2, 0.25) is 0 Å². The number of unbranched alkanes of at least 4 members (excludes halogenated alkanes) is 22. The number of alkyl halides is 1. The number of esters is 2. The molecule has 0 aromatic heterocycles. The van der Waals surface area contributed by atoms with E-state index in [9.17, 15) is 9.59 Å². The summed E-state index contributed by atoms with van der Waals surface area (Å²) in [5.41, 5.74) is 0. The number of rotatable bonds is 35. The van der Waals surface area contributed by atoms with E-state index in [1.165, 1.54) is 116 Å². The Kier molecular flexibility index (Phi) is 32.6. The van der Waals surface area contributed by atoms with Crippen LogP contribution in [0, 0.1) is 0 Å². The molecule has 5 nitrogen and oxygen atoms in total. The topological polar surface area (TPSA) is 52.6 Å². The second-order valence-corrected chi connectivity index (χ2v) is 16.7. The molecule has 1 unspecified atom stereocenters. The van der Waals surface area contributed by atoms with Crippen molar-refractivity contribution in [3.05, 3.63) is 24.3 Å². The Bertz CT molecular complexity index is 750. The minimum atomic E-state index is -1.23. The van der Waals surface area contributed by atoms with Crippen LogP contribution in [0.3, 0.4) is 0 Å². The molecular weight excluding hydrogens is 709 g/mol. The van der Waals surface area contributed by atoms with E-state index < -0.39 is 3.79 Å². The Morgan fingerprint density at radius 3 is 1.10 bits per heavy atom. The van der Waals surface area contributed by atoms with Gasteiger partial charge in [-0.3, -0.25) is 9.59 Å². The van der Waals surface area contributed by atoms with Gasteiger partial charge in [0.15, 0.2) is 0 Å². The lowest BCUT2D eigenvalue weighted by molar-refractivity contribution is -0.871. The summed E-state index contributed by atoms with van der Waals surface area (Å²) < 4.78 is 11.1. The molecule has 0 aliphatic carbocycles. The molecule has 282 valence electrons. The molecule has 0 fully saturated rings. The molecule has 0 radical (unpaired) electrons. The lowest BCUT2D eigenvalue weighted by Crippen LogP contribution is -2.42. The number of halogens is 1. The quantitative estimate of drug-likeness (QED) is 0.0122. The second-order valence-electron chi connectivity index (χ2n) is 15.0. The first-order chi connectivity index (χ1) is 23.1. The number of carbonyl (C=O) groups is 2. The average molecular weight is 789 g/mol. The smallest absolute Gasteiger partial charge is 0.313 e. The van der Waals surface area contributed by atoms with Crippen LogP contribution in [0.5, 0.6) is 0 Å². The molecule has 0 saturated heterocycles. The second kappa shape index (κ2) is 33.3. The van der Waals surface area contributed by atoms with Gasteiger partial charge in [0, 0.05) is 35.4 Å². The van der Waals surface area contributed by atoms with E-state index in [1.54, 1.807) is 0 Å². The summed E-state index contributed by atoms with van der Waals surface area (Å²) in [5, 5.41) is 0. The van der Waals surface area contributed by atoms with E-state index in [0.717, 1.165) is 57.9 Å². The van der Waals surface area contributed by atoms with Gasteiger partial charge in [-0.05, 0) is 64.2 Å². The molecule has 48 heavy (non-hydrogen) atoms. The van der Waals surface area contributed by atoms with Crippen LogP contribution in [0.4, 0.5) is 0 Å². The maximum atomic E-state index is 12.8. The van der Waals surface area contributed by atoms with Gasteiger partial charge in [0.2, 0.25) is 0 Å². The van der Waals surface area contributed by atoms with Gasteiger partial charge in [-0.2, -0.15) is 0 Å². The first-order valence-corrected chi connectivity index (χ1v) is 21.4. The van der Waals surface area contributed by atoms with Crippen LogP contribution in [0.1, 0.15) is 200 Å². The molecule has 0 aliphatic heterocycles. The summed E-state index contributed by atoms with van der Waals surface area (Å²) in [6.45, 7) is 5.27. The number of allylic oxidation sites excluding steroid dienone is 4. The number of ether oxygens (including phenoxy) is 2. The lowest BCUT2D eigenvalue weighted by atomic mass is 10.1. The Labute approximate surface area is 312 Å². The van der Waals surface area contributed by atoms with Gasteiger partial charge in [0.1, 0.15) is 0 Å². The van der Waals surface area contributed by atoms with Gasteiger partial charge in [-0.25, -0.2) is 0 Å². The fourth-order valence-corrected chi connectivity index (χ4v) is 6.45. The highest BCUT2D eigenvalue weighted by atomic mass is 127. The van der Waals surface area contributed by atoms with Crippen LogP contribution in [0.15, 0.2) is 24.3 Å². The molecule has 0 bridgehead atoms. The van der Waals surface area contributed by atoms with Crippen molar-refractivity contribution >= 4 is 34.5 Å². The first kappa shape index (κ1) is 47.1. The van der Waals surface area contributed by atoms with Crippen molar-refractivity contribution in [3.63, 3.8) is 0 Å². The Morgan fingerprint density at radius 2 is 0.792 bits per heavy atom. The van der Waals surface area contributed by atoms with Crippen LogP contribution < -0.4 is 0 Å². The minimum absolute atomic E-state index is 0.266. The Balaban J connectivity index is 4.13. The fraction of sp³-hybridized carbons (Fsp3) is 0.857. The first-order valence-electron chi connectivity index (χ1n) is 20.3. The molecular formula is C42H79INO4+. The van der Waals surface area contributed by atoms with Crippen molar-refractivity contribution in [1.82, 2.24) is 0 Å². The van der Waals surface area contributed by atoms with Gasteiger partial charge in [-0.15, -0.1) is 0 Å². The maximum Gasteiger partial charge on any atom is 0.313 e. The number of hydrogen-bond acceptors (Lipinski definition) is 4. The third-order valence-electron chi connectivity index (χ3n) is 8.90. The molecule has 0 rings (SSSR count). The van der Waals surface area contributed by atoms with Crippen molar-refractivity contribution in [2.24, 2.45) is 0 Å². The molecule has 0 aliphatic rings. The van der Waals surface area contributed by atoms with Gasteiger partial charge in [0.25, 0.3) is 0 Å². The number of nitrogens with zero attached hydrogens (tertiary/aromatic N) is 1. The van der Waals surface area contributed by atoms with E-state index in [4.69, 9.17) is 9.47 Å². The van der Waals surface area contributed by atoms with Crippen LogP contribution >= 0.6 is 22.6 Å². The molecule has 0 saturated carbocycles. The van der Waals surface area contributed by atoms with Crippen molar-refractivity contribution in [2.45, 2.75) is 204 Å². The molecule has 0 aromatic rings. The summed E-state index contributed by atoms with van der Waals surface area (Å²) >= 11 is 2.04. The van der Waals surface area contributed by atoms with Gasteiger partial charge >= 0.3 is 15.7 Å². The lowest BCUT2D eigenvalue weighted by Gasteiger charge is -2.31. The predicted octanol–water partition coefficient (Wildman–Crippen LogP) is 13.3. The van der Waals surface area contributed by atoms with E-state index in [0.29, 0.717) is 23.7 Å². The van der Waals surface area contributed by atoms with E-state index in [-0.39, 0.29) is 11.9 Å². The molecule has 0 N–H and O–H groups in total. The van der Waals surface area contributed by atoms with Crippen molar-refractivity contribution in [2.75, 3.05) is 27.7 Å². The zero-order valence-electron chi connectivity index (χ0n) is 32.5. The molecule has 0 aromatic carbocycles. The Morgan fingerprint density at radius 1 is 0.500 bits per heavy atom. The van der Waals surface area contributed by atoms with Crippen LogP contribution in [-0.2, 0) is 19.1 Å². The van der Waals surface area contributed by atoms with Gasteiger partial charge in [-0.1, -0.05) is 141 Å². The summed E-state index contributed by atoms with van der Waals surface area (Å²) in [6, 6.07) is 0. The normalized spacial score (nSPS) is 13.4. The molecule has 1 atom stereocenters. The minimum Gasteiger partial charge on any atom is -0.413 e. The monoisotopic (exact) mass is 789 g/mol. The van der Waals surface area contributed by atoms with E-state index in [2.05, 4.69) is 59.3 Å². The zero-order chi connectivity index (χ0) is 35.6. The van der Waals surface area contributed by atoms with E-state index >= 15 is 0 Å². The van der Waals surface area contributed by atoms with Crippen LogP contribution in [-0.4, -0.2) is 47.9 Å². The average Bonchev–Trinajstić information content (AvgIpc) is 3.03. The fourth-order valence-electron chi connectivity index (χ4n) is 5.71. The predicted molar refractivity (Wildman–Crippen MR) is 215 cm³/mol. The number of hydrogen-bond donors (Lipinski definition) is 0. The molecule has 0 heterocycles. The van der Waals surface area contributed by atoms with Gasteiger partial charge < -0.3 is 14.0 Å². The largest absolute Gasteiger partial charge is 0.413 e. The summed E-state index contributed by atoms with van der Waals surface area (Å²) in [7, 11) is 6.28. The molecule has 0 amide bonds. The van der Waals surface area contributed by atoms with Gasteiger partial charge in [0.05, 0.1) is 34.1 Å². The highest BCUT2D eigenvalue weighted by Gasteiger charge is 2.37. The maximum absolute atomic E-state index is 12.8. The van der Waals surface area contributed by atoms with Crippen molar-refractivity contribution in [3.8, 4) is 0 Å². The SMILES string of the molecule is CCCCCCCCC=CCCCCCCCC(=O)OC(I)(CC[N+](C)(C)C)OC(=O)CCCCCCC/C=C\CCCCCCCC. The standard InChI is InChI=1S/C42H79INO4/c1-6-8-10-12-14-16-18-20-22-24-26-28-30-32-34-36-40(45)47-42(43,38-39-44(3,4)5)48-41(46)37-35-33-31-29-27-25-23-21-19-17-15-13-11-9-7-2/h20-23H,6-19,24-39H2,1-5H3/q+1/b22-20-,23-21?. The van der Waals surface area contributed by atoms with Crippen molar-refractivity contribution in [1.29, 1.82) is 0 Å². The highest BCUT2D eigenvalue weighted by molar-refractivity contribution is 14.1. The number of quaternary nitrogens is 1. The summed E-state index contributed by atoms with van der Waals surface area (Å²) in [6.07, 6.45) is 42.5. The van der Waals surface area contributed by atoms with Crippen molar-refractivity contribution < 1.29 is 23.5 Å². The summed E-state index contributed by atoms with van der Waals surface area (Å²) in [4.78, 5) is 25.5. The van der Waals surface area contributed by atoms with E-state index in [1.807, 2.05) is 22.6 Å². The summed E-state index contributed by atoms with van der Waals surface area (Å²) in [5.74, 6) is -0.533. The third-order valence-corrected chi connectivity index (χ3v) is 9.88. The number of carbonyl (C=O) groups excluding carboxylic acids is 2. The zero-order valence-corrected chi connectivity index (χ0v) is 34.6.